The van der Waals surface area contributed by atoms with E-state index in [2.05, 4.69) is 4.98 Å². The maximum Gasteiger partial charge on any atom is 0.213 e. The molecule has 0 amide bonds. The summed E-state index contributed by atoms with van der Waals surface area (Å²) in [6, 6.07) is 3.75. The highest BCUT2D eigenvalue weighted by Crippen LogP contribution is 2.43. The van der Waals surface area contributed by atoms with Gasteiger partial charge in [0.15, 0.2) is 0 Å². The standard InChI is InChI=1S/C14H19NO3/c1-2-17-13-6-3-10(9-15-13)14(16)7-11-4-5-12(8-14)18-11/h3,6,9,11-12,16H,2,4-5,7-8H2,1H3. The van der Waals surface area contributed by atoms with Crippen LogP contribution in [-0.2, 0) is 10.3 Å². The van der Waals surface area contributed by atoms with Crippen LogP contribution in [0.5, 0.6) is 5.88 Å². The second-order valence-corrected chi connectivity index (χ2v) is 5.22. The van der Waals surface area contributed by atoms with E-state index in [1.165, 1.54) is 0 Å². The number of fused-ring (bicyclic) bond motifs is 2. The van der Waals surface area contributed by atoms with Gasteiger partial charge in [-0.15, -0.1) is 0 Å². The van der Waals surface area contributed by atoms with E-state index in [0.717, 1.165) is 18.4 Å². The first-order valence-corrected chi connectivity index (χ1v) is 6.67. The summed E-state index contributed by atoms with van der Waals surface area (Å²) in [5.74, 6) is 0.611. The first kappa shape index (κ1) is 11.9. The molecule has 0 saturated carbocycles. The molecule has 4 heteroatoms. The van der Waals surface area contributed by atoms with Gasteiger partial charge in [0.25, 0.3) is 0 Å². The molecule has 2 aliphatic rings. The molecule has 4 nitrogen and oxygen atoms in total. The summed E-state index contributed by atoms with van der Waals surface area (Å²) in [5.41, 5.74) is 0.105. The van der Waals surface area contributed by atoms with E-state index in [0.29, 0.717) is 25.3 Å². The predicted molar refractivity (Wildman–Crippen MR) is 66.4 cm³/mol. The molecule has 2 aliphatic heterocycles. The summed E-state index contributed by atoms with van der Waals surface area (Å²) >= 11 is 0. The van der Waals surface area contributed by atoms with Gasteiger partial charge in [0.1, 0.15) is 0 Å². The lowest BCUT2D eigenvalue weighted by Gasteiger charge is -2.36. The highest BCUT2D eigenvalue weighted by Gasteiger charge is 2.44. The highest BCUT2D eigenvalue weighted by atomic mass is 16.5. The van der Waals surface area contributed by atoms with Crippen LogP contribution in [0.4, 0.5) is 0 Å². The molecule has 2 atom stereocenters. The molecular formula is C14H19NO3. The van der Waals surface area contributed by atoms with Crippen LogP contribution in [0.2, 0.25) is 0 Å². The summed E-state index contributed by atoms with van der Waals surface area (Å²) in [6.07, 6.45) is 5.64. The SMILES string of the molecule is CCOc1ccc(C2(O)CC3CCC(C2)O3)cn1. The van der Waals surface area contributed by atoms with Gasteiger partial charge in [-0.05, 0) is 25.8 Å². The van der Waals surface area contributed by atoms with Gasteiger partial charge in [0, 0.05) is 30.7 Å². The van der Waals surface area contributed by atoms with Crippen LogP contribution in [0, 0.1) is 0 Å². The fraction of sp³-hybridized carbons (Fsp3) is 0.643. The normalized spacial score (nSPS) is 34.6. The fourth-order valence-electron chi connectivity index (χ4n) is 3.04. The van der Waals surface area contributed by atoms with Gasteiger partial charge >= 0.3 is 0 Å². The highest BCUT2D eigenvalue weighted by molar-refractivity contribution is 5.25. The molecule has 2 bridgehead atoms. The van der Waals surface area contributed by atoms with Gasteiger partial charge in [-0.25, -0.2) is 4.98 Å². The monoisotopic (exact) mass is 249 g/mol. The van der Waals surface area contributed by atoms with Crippen LogP contribution in [0.15, 0.2) is 18.3 Å². The fourth-order valence-corrected chi connectivity index (χ4v) is 3.04. The largest absolute Gasteiger partial charge is 0.478 e. The molecular weight excluding hydrogens is 230 g/mol. The summed E-state index contributed by atoms with van der Waals surface area (Å²) in [6.45, 7) is 2.54. The van der Waals surface area contributed by atoms with Crippen molar-refractivity contribution in [3.05, 3.63) is 23.9 Å². The lowest BCUT2D eigenvalue weighted by Crippen LogP contribution is -2.38. The average Bonchev–Trinajstić information content (AvgIpc) is 2.70. The van der Waals surface area contributed by atoms with Crippen molar-refractivity contribution in [2.75, 3.05) is 6.61 Å². The zero-order valence-corrected chi connectivity index (χ0v) is 10.6. The summed E-state index contributed by atoms with van der Waals surface area (Å²) in [7, 11) is 0. The third-order valence-electron chi connectivity index (χ3n) is 3.89. The Labute approximate surface area is 107 Å². The zero-order chi connectivity index (χ0) is 12.6. The Kier molecular flexibility index (Phi) is 2.99. The van der Waals surface area contributed by atoms with E-state index in [1.54, 1.807) is 6.20 Å². The Morgan fingerprint density at radius 2 is 2.11 bits per heavy atom. The summed E-state index contributed by atoms with van der Waals surface area (Å²) < 4.78 is 11.1. The molecule has 2 fully saturated rings. The van der Waals surface area contributed by atoms with Gasteiger partial charge in [-0.3, -0.25) is 0 Å². The van der Waals surface area contributed by atoms with E-state index in [9.17, 15) is 5.11 Å². The van der Waals surface area contributed by atoms with Gasteiger partial charge in [0.05, 0.1) is 24.4 Å². The molecule has 0 radical (unpaired) electrons. The molecule has 98 valence electrons. The zero-order valence-electron chi connectivity index (χ0n) is 10.6. The Morgan fingerprint density at radius 1 is 1.39 bits per heavy atom. The Bertz CT molecular complexity index is 406. The van der Waals surface area contributed by atoms with Crippen molar-refractivity contribution in [1.29, 1.82) is 0 Å². The van der Waals surface area contributed by atoms with Crippen LogP contribution in [0.3, 0.4) is 0 Å². The van der Waals surface area contributed by atoms with Crippen molar-refractivity contribution in [3.63, 3.8) is 0 Å². The molecule has 0 aliphatic carbocycles. The van der Waals surface area contributed by atoms with Gasteiger partial charge in [-0.2, -0.15) is 0 Å². The van der Waals surface area contributed by atoms with E-state index in [4.69, 9.17) is 9.47 Å². The second-order valence-electron chi connectivity index (χ2n) is 5.22. The lowest BCUT2D eigenvalue weighted by molar-refractivity contribution is -0.115. The predicted octanol–water partition coefficient (Wildman–Crippen LogP) is 2.01. The topological polar surface area (TPSA) is 51.6 Å². The molecule has 1 aromatic rings. The van der Waals surface area contributed by atoms with Crippen LogP contribution < -0.4 is 4.74 Å². The van der Waals surface area contributed by atoms with Crippen LogP contribution in [-0.4, -0.2) is 28.9 Å². The molecule has 0 spiro atoms. The molecule has 1 aromatic heterocycles. The molecule has 3 heterocycles. The van der Waals surface area contributed by atoms with Crippen LogP contribution in [0.25, 0.3) is 0 Å². The van der Waals surface area contributed by atoms with E-state index in [-0.39, 0.29) is 12.2 Å². The summed E-state index contributed by atoms with van der Waals surface area (Å²) in [5, 5.41) is 10.8. The van der Waals surface area contributed by atoms with Crippen LogP contribution >= 0.6 is 0 Å². The molecule has 0 aromatic carbocycles. The summed E-state index contributed by atoms with van der Waals surface area (Å²) in [4.78, 5) is 4.24. The van der Waals surface area contributed by atoms with Crippen LogP contribution in [0.1, 0.15) is 38.2 Å². The Morgan fingerprint density at radius 3 is 2.67 bits per heavy atom. The van der Waals surface area contributed by atoms with Crippen molar-refractivity contribution in [2.45, 2.75) is 50.4 Å². The van der Waals surface area contributed by atoms with Gasteiger partial charge in [-0.1, -0.05) is 0 Å². The van der Waals surface area contributed by atoms with Gasteiger partial charge < -0.3 is 14.6 Å². The maximum absolute atomic E-state index is 10.8. The molecule has 2 saturated heterocycles. The number of aromatic nitrogens is 1. The van der Waals surface area contributed by atoms with Crippen molar-refractivity contribution in [2.24, 2.45) is 0 Å². The molecule has 18 heavy (non-hydrogen) atoms. The van der Waals surface area contributed by atoms with Crippen molar-refractivity contribution in [3.8, 4) is 5.88 Å². The Balaban J connectivity index is 1.80. The quantitative estimate of drug-likeness (QED) is 0.890. The minimum Gasteiger partial charge on any atom is -0.478 e. The van der Waals surface area contributed by atoms with Gasteiger partial charge in [0.2, 0.25) is 5.88 Å². The number of pyridine rings is 1. The maximum atomic E-state index is 10.8. The third-order valence-corrected chi connectivity index (χ3v) is 3.89. The van der Waals surface area contributed by atoms with Crippen molar-refractivity contribution in [1.82, 2.24) is 4.98 Å². The number of hydrogen-bond acceptors (Lipinski definition) is 4. The van der Waals surface area contributed by atoms with Crippen molar-refractivity contribution < 1.29 is 14.6 Å². The number of rotatable bonds is 3. The molecule has 1 N–H and O–H groups in total. The number of nitrogens with zero attached hydrogens (tertiary/aromatic N) is 1. The average molecular weight is 249 g/mol. The number of ether oxygens (including phenoxy) is 2. The minimum atomic E-state index is -0.776. The van der Waals surface area contributed by atoms with E-state index >= 15 is 0 Å². The molecule has 2 unspecified atom stereocenters. The number of hydrogen-bond donors (Lipinski definition) is 1. The third kappa shape index (κ3) is 2.10. The number of aliphatic hydroxyl groups is 1. The Hall–Kier alpha value is -1.13. The second kappa shape index (κ2) is 4.52. The van der Waals surface area contributed by atoms with Crippen molar-refractivity contribution >= 4 is 0 Å². The molecule has 3 rings (SSSR count). The first-order valence-electron chi connectivity index (χ1n) is 6.67. The first-order chi connectivity index (χ1) is 8.69. The van der Waals surface area contributed by atoms with E-state index in [1.807, 2.05) is 19.1 Å². The lowest BCUT2D eigenvalue weighted by atomic mass is 9.84. The minimum absolute atomic E-state index is 0.209. The smallest absolute Gasteiger partial charge is 0.213 e. The van der Waals surface area contributed by atoms with E-state index < -0.39 is 5.60 Å².